The van der Waals surface area contributed by atoms with Crippen molar-refractivity contribution in [1.29, 1.82) is 0 Å². The monoisotopic (exact) mass is 371 g/mol. The summed E-state index contributed by atoms with van der Waals surface area (Å²) in [5, 5.41) is 3.32. The Morgan fingerprint density at radius 1 is 1.26 bits per heavy atom. The first-order valence-corrected chi connectivity index (χ1v) is 9.67. The molecule has 2 N–H and O–H groups in total. The molecule has 0 aliphatic carbocycles. The van der Waals surface area contributed by atoms with E-state index in [2.05, 4.69) is 17.0 Å². The van der Waals surface area contributed by atoms with Crippen LogP contribution >= 0.6 is 12.4 Å². The highest BCUT2D eigenvalue weighted by Gasteiger charge is 2.23. The molecule has 0 radical (unpaired) electrons. The Morgan fingerprint density at radius 2 is 1.91 bits per heavy atom. The number of ether oxygens (including phenoxy) is 1. The molecule has 1 saturated heterocycles. The van der Waals surface area contributed by atoms with Crippen molar-refractivity contribution in [2.24, 2.45) is 5.92 Å². The lowest BCUT2D eigenvalue weighted by molar-refractivity contribution is -0.131. The summed E-state index contributed by atoms with van der Waals surface area (Å²) in [4.78, 5) is 13.8. The molecule has 0 atom stereocenters. The molecule has 0 spiro atoms. The molecule has 138 valence electrons. The summed E-state index contributed by atoms with van der Waals surface area (Å²) in [6, 6.07) is 0. The predicted octanol–water partition coefficient (Wildman–Crippen LogP) is 0.212. The van der Waals surface area contributed by atoms with Crippen molar-refractivity contribution in [3.63, 3.8) is 0 Å². The second-order valence-electron chi connectivity index (χ2n) is 5.47. The van der Waals surface area contributed by atoms with Crippen LogP contribution in [-0.4, -0.2) is 70.9 Å². The molecule has 1 amide bonds. The number of halogens is 1. The SMILES string of the molecule is CCNCC1CCN(C(=O)CNS(=O)(=O)CCOCC)CC1.Cl. The van der Waals surface area contributed by atoms with Crippen molar-refractivity contribution in [3.05, 3.63) is 0 Å². The largest absolute Gasteiger partial charge is 0.381 e. The van der Waals surface area contributed by atoms with Gasteiger partial charge in [0.1, 0.15) is 0 Å². The lowest BCUT2D eigenvalue weighted by Crippen LogP contribution is -2.45. The number of nitrogens with zero attached hydrogens (tertiary/aromatic N) is 1. The third kappa shape index (κ3) is 9.46. The number of likely N-dealkylation sites (tertiary alicyclic amines) is 1. The summed E-state index contributed by atoms with van der Waals surface area (Å²) in [6.45, 7) is 7.72. The molecule has 1 rings (SSSR count). The smallest absolute Gasteiger partial charge is 0.237 e. The van der Waals surface area contributed by atoms with E-state index in [9.17, 15) is 13.2 Å². The van der Waals surface area contributed by atoms with E-state index >= 15 is 0 Å². The van der Waals surface area contributed by atoms with Gasteiger partial charge in [-0.2, -0.15) is 0 Å². The number of hydrogen-bond donors (Lipinski definition) is 2. The van der Waals surface area contributed by atoms with Gasteiger partial charge >= 0.3 is 0 Å². The van der Waals surface area contributed by atoms with Crippen LogP contribution in [0, 0.1) is 5.92 Å². The van der Waals surface area contributed by atoms with Crippen LogP contribution in [0.2, 0.25) is 0 Å². The van der Waals surface area contributed by atoms with Crippen molar-refractivity contribution in [3.8, 4) is 0 Å². The molecule has 0 aromatic heterocycles. The van der Waals surface area contributed by atoms with Gasteiger partial charge in [0, 0.05) is 19.7 Å². The summed E-state index contributed by atoms with van der Waals surface area (Å²) in [7, 11) is -3.44. The first-order chi connectivity index (χ1) is 10.5. The van der Waals surface area contributed by atoms with Crippen LogP contribution in [0.4, 0.5) is 0 Å². The van der Waals surface area contributed by atoms with E-state index in [0.29, 0.717) is 25.6 Å². The Hall–Kier alpha value is -0.410. The number of sulfonamides is 1. The first kappa shape index (κ1) is 22.6. The maximum absolute atomic E-state index is 12.0. The van der Waals surface area contributed by atoms with Gasteiger partial charge in [0.25, 0.3) is 0 Å². The number of rotatable bonds is 10. The number of amides is 1. The molecule has 0 saturated carbocycles. The minimum absolute atomic E-state index is 0. The highest BCUT2D eigenvalue weighted by molar-refractivity contribution is 7.89. The summed E-state index contributed by atoms with van der Waals surface area (Å²) in [6.07, 6.45) is 1.94. The van der Waals surface area contributed by atoms with Gasteiger partial charge in [0.2, 0.25) is 15.9 Å². The lowest BCUT2D eigenvalue weighted by Gasteiger charge is -2.32. The van der Waals surface area contributed by atoms with Gasteiger partial charge in [0.05, 0.1) is 18.9 Å². The zero-order valence-corrected chi connectivity index (χ0v) is 15.7. The third-order valence-electron chi connectivity index (χ3n) is 3.79. The van der Waals surface area contributed by atoms with Gasteiger partial charge in [-0.15, -0.1) is 12.4 Å². The normalized spacial score (nSPS) is 16.2. The van der Waals surface area contributed by atoms with Gasteiger partial charge < -0.3 is 15.0 Å². The van der Waals surface area contributed by atoms with Crippen LogP contribution < -0.4 is 10.0 Å². The third-order valence-corrected chi connectivity index (χ3v) is 5.08. The van der Waals surface area contributed by atoms with E-state index in [0.717, 1.165) is 25.9 Å². The maximum Gasteiger partial charge on any atom is 0.237 e. The Bertz CT molecular complexity index is 426. The zero-order valence-electron chi connectivity index (χ0n) is 14.0. The molecule has 1 aliphatic heterocycles. The van der Waals surface area contributed by atoms with Crippen LogP contribution in [0.1, 0.15) is 26.7 Å². The second kappa shape index (κ2) is 12.0. The Labute approximate surface area is 146 Å². The number of nitrogens with one attached hydrogen (secondary N) is 2. The molecular formula is C14H30ClN3O4S. The fourth-order valence-electron chi connectivity index (χ4n) is 2.40. The van der Waals surface area contributed by atoms with Gasteiger partial charge in [-0.05, 0) is 38.8 Å². The molecule has 0 aromatic rings. The van der Waals surface area contributed by atoms with Crippen LogP contribution in [0.5, 0.6) is 0 Å². The average Bonchev–Trinajstić information content (AvgIpc) is 2.51. The molecular weight excluding hydrogens is 342 g/mol. The summed E-state index contributed by atoms with van der Waals surface area (Å²) >= 11 is 0. The second-order valence-corrected chi connectivity index (χ2v) is 7.40. The Kier molecular flexibility index (Phi) is 11.8. The standard InChI is InChI=1S/C14H29N3O4S.ClH/c1-3-15-11-13-5-7-17(8-6-13)14(18)12-16-22(19,20)10-9-21-4-2;/h13,15-16H,3-12H2,1-2H3;1H. The van der Waals surface area contributed by atoms with Gasteiger partial charge in [-0.25, -0.2) is 13.1 Å². The van der Waals surface area contributed by atoms with Crippen LogP contribution in [0.25, 0.3) is 0 Å². The maximum atomic E-state index is 12.0. The summed E-state index contributed by atoms with van der Waals surface area (Å²) < 4.78 is 30.8. The van der Waals surface area contributed by atoms with Crippen molar-refractivity contribution in [2.75, 3.05) is 51.7 Å². The predicted molar refractivity (Wildman–Crippen MR) is 93.4 cm³/mol. The van der Waals surface area contributed by atoms with E-state index in [1.54, 1.807) is 4.90 Å². The van der Waals surface area contributed by atoms with Gasteiger partial charge in [0.15, 0.2) is 0 Å². The molecule has 1 aliphatic rings. The quantitative estimate of drug-likeness (QED) is 0.536. The average molecular weight is 372 g/mol. The van der Waals surface area contributed by atoms with E-state index in [1.165, 1.54) is 0 Å². The molecule has 23 heavy (non-hydrogen) atoms. The van der Waals surface area contributed by atoms with Crippen molar-refractivity contribution in [1.82, 2.24) is 14.9 Å². The first-order valence-electron chi connectivity index (χ1n) is 8.02. The minimum atomic E-state index is -3.44. The highest BCUT2D eigenvalue weighted by atomic mass is 35.5. The van der Waals surface area contributed by atoms with E-state index < -0.39 is 10.0 Å². The van der Waals surface area contributed by atoms with Gasteiger partial charge in [-0.1, -0.05) is 6.92 Å². The highest BCUT2D eigenvalue weighted by Crippen LogP contribution is 2.16. The van der Waals surface area contributed by atoms with Gasteiger partial charge in [-0.3, -0.25) is 4.79 Å². The molecule has 7 nitrogen and oxygen atoms in total. The fraction of sp³-hybridized carbons (Fsp3) is 0.929. The topological polar surface area (TPSA) is 87.7 Å². The zero-order chi connectivity index (χ0) is 16.4. The summed E-state index contributed by atoms with van der Waals surface area (Å²) in [5.74, 6) is 0.340. The van der Waals surface area contributed by atoms with Crippen molar-refractivity contribution < 1.29 is 17.9 Å². The lowest BCUT2D eigenvalue weighted by atomic mass is 9.97. The van der Waals surface area contributed by atoms with Crippen LogP contribution in [0.15, 0.2) is 0 Å². The van der Waals surface area contributed by atoms with E-state index in [-0.39, 0.29) is 37.2 Å². The molecule has 0 bridgehead atoms. The van der Waals surface area contributed by atoms with Crippen molar-refractivity contribution in [2.45, 2.75) is 26.7 Å². The van der Waals surface area contributed by atoms with E-state index in [4.69, 9.17) is 4.74 Å². The van der Waals surface area contributed by atoms with Crippen LogP contribution in [0.3, 0.4) is 0 Å². The number of carbonyl (C=O) groups excluding carboxylic acids is 1. The number of carbonyl (C=O) groups is 1. The van der Waals surface area contributed by atoms with Crippen LogP contribution in [-0.2, 0) is 19.6 Å². The Morgan fingerprint density at radius 3 is 2.48 bits per heavy atom. The number of piperidine rings is 1. The molecule has 1 fully saturated rings. The Balaban J connectivity index is 0.00000484. The molecule has 0 aromatic carbocycles. The molecule has 1 heterocycles. The van der Waals surface area contributed by atoms with Crippen molar-refractivity contribution >= 4 is 28.3 Å². The minimum Gasteiger partial charge on any atom is -0.381 e. The van der Waals surface area contributed by atoms with E-state index in [1.807, 2.05) is 6.92 Å². The number of hydrogen-bond acceptors (Lipinski definition) is 5. The molecule has 9 heteroatoms. The fourth-order valence-corrected chi connectivity index (χ4v) is 3.23. The summed E-state index contributed by atoms with van der Waals surface area (Å²) in [5.41, 5.74) is 0. The molecule has 0 unspecified atom stereocenters.